The molecule has 0 aromatic heterocycles. The smallest absolute Gasteiger partial charge is 0.338 e. The number of hydrogen-bond acceptors (Lipinski definition) is 6. The van der Waals surface area contributed by atoms with Crippen LogP contribution in [0.15, 0.2) is 91.0 Å². The number of nitrogens with zero attached hydrogens (tertiary/aromatic N) is 2. The van der Waals surface area contributed by atoms with Gasteiger partial charge in [0, 0.05) is 11.1 Å². The minimum atomic E-state index is -1.33. The van der Waals surface area contributed by atoms with E-state index in [4.69, 9.17) is 39.5 Å². The van der Waals surface area contributed by atoms with Gasteiger partial charge >= 0.3 is 5.97 Å². The lowest BCUT2D eigenvalue weighted by molar-refractivity contribution is -0.385. The molecule has 11 heteroatoms. The van der Waals surface area contributed by atoms with E-state index in [0.29, 0.717) is 22.3 Å². The van der Waals surface area contributed by atoms with Gasteiger partial charge in [0.2, 0.25) is 11.8 Å². The molecule has 0 unspecified atom stereocenters. The Morgan fingerprint density at radius 1 is 0.814 bits per heavy atom. The van der Waals surface area contributed by atoms with Crippen LogP contribution in [0.1, 0.15) is 38.2 Å². The number of hydrogen-bond donors (Lipinski definition) is 0. The Balaban J connectivity index is 1.24. The summed E-state index contributed by atoms with van der Waals surface area (Å²) in [4.78, 5) is 50.6. The van der Waals surface area contributed by atoms with Crippen LogP contribution < -0.4 is 4.90 Å². The normalized spacial score (nSPS) is 24.8. The van der Waals surface area contributed by atoms with Gasteiger partial charge in [0.05, 0.1) is 33.6 Å². The van der Waals surface area contributed by atoms with Crippen molar-refractivity contribution < 1.29 is 24.0 Å². The zero-order chi connectivity index (χ0) is 30.3. The average Bonchev–Trinajstić information content (AvgIpc) is 3.29. The highest BCUT2D eigenvalue weighted by molar-refractivity contribution is 6.38. The van der Waals surface area contributed by atoms with E-state index in [-0.39, 0.29) is 34.1 Å². The predicted molar refractivity (Wildman–Crippen MR) is 159 cm³/mol. The molecule has 0 spiro atoms. The number of nitro benzene ring substituents is 1. The minimum Gasteiger partial charge on any atom is -0.457 e. The first-order valence-corrected chi connectivity index (χ1v) is 14.4. The molecule has 1 heterocycles. The molecule has 4 aromatic carbocycles. The fraction of sp³-hybridized carbons (Fsp3) is 0.156. The molecule has 0 N–H and O–H groups in total. The molecule has 2 atom stereocenters. The third kappa shape index (κ3) is 3.73. The van der Waals surface area contributed by atoms with E-state index in [1.807, 2.05) is 48.5 Å². The van der Waals surface area contributed by atoms with Crippen LogP contribution in [0.2, 0.25) is 5.02 Å². The topological polar surface area (TPSA) is 107 Å². The van der Waals surface area contributed by atoms with Gasteiger partial charge in [-0.05, 0) is 52.6 Å². The summed E-state index contributed by atoms with van der Waals surface area (Å²) in [5.74, 6) is -3.84. The number of carbonyl (C=O) groups excluding carboxylic acids is 3. The van der Waals surface area contributed by atoms with E-state index in [2.05, 4.69) is 0 Å². The van der Waals surface area contributed by atoms with E-state index < -0.39 is 44.3 Å². The van der Waals surface area contributed by atoms with Crippen molar-refractivity contribution in [2.24, 2.45) is 11.8 Å². The summed E-state index contributed by atoms with van der Waals surface area (Å²) in [6, 6.07) is 24.6. The number of ether oxygens (including phenoxy) is 1. The predicted octanol–water partition coefficient (Wildman–Crippen LogP) is 6.70. The number of imide groups is 1. The van der Waals surface area contributed by atoms with E-state index in [0.717, 1.165) is 4.90 Å². The summed E-state index contributed by atoms with van der Waals surface area (Å²) in [7, 11) is 0. The lowest BCUT2D eigenvalue weighted by Crippen LogP contribution is -2.57. The maximum atomic E-state index is 14.2. The second kappa shape index (κ2) is 9.64. The van der Waals surface area contributed by atoms with Crippen LogP contribution in [0.25, 0.3) is 0 Å². The van der Waals surface area contributed by atoms with Crippen LogP contribution in [0, 0.1) is 22.0 Å². The lowest BCUT2D eigenvalue weighted by Gasteiger charge is -2.54. The summed E-state index contributed by atoms with van der Waals surface area (Å²) in [6.07, 6.45) is 0. The number of anilines is 1. The molecular formula is C32H19Cl3N2O6. The van der Waals surface area contributed by atoms with Gasteiger partial charge in [0.15, 0.2) is 0 Å². The zero-order valence-electron chi connectivity index (χ0n) is 22.0. The van der Waals surface area contributed by atoms with Crippen molar-refractivity contribution in [3.63, 3.8) is 0 Å². The largest absolute Gasteiger partial charge is 0.457 e. The molecule has 4 aliphatic rings. The van der Waals surface area contributed by atoms with Gasteiger partial charge in [0.1, 0.15) is 16.4 Å². The molecule has 1 fully saturated rings. The van der Waals surface area contributed by atoms with Crippen molar-refractivity contribution in [1.82, 2.24) is 0 Å². The molecule has 2 amide bonds. The maximum Gasteiger partial charge on any atom is 0.338 e. The van der Waals surface area contributed by atoms with Crippen molar-refractivity contribution in [2.45, 2.75) is 16.4 Å². The van der Waals surface area contributed by atoms with Crippen LogP contribution in [0.3, 0.4) is 0 Å². The van der Waals surface area contributed by atoms with Crippen molar-refractivity contribution in [3.8, 4) is 0 Å². The van der Waals surface area contributed by atoms with E-state index >= 15 is 0 Å². The minimum absolute atomic E-state index is 0.0420. The van der Waals surface area contributed by atoms with Crippen LogP contribution in [-0.4, -0.2) is 22.7 Å². The number of alkyl halides is 2. The maximum absolute atomic E-state index is 14.2. The summed E-state index contributed by atoms with van der Waals surface area (Å²) in [6.45, 7) is -0.387. The van der Waals surface area contributed by atoms with Gasteiger partial charge in [-0.25, -0.2) is 9.69 Å². The molecule has 2 bridgehead atoms. The number of nitro groups is 1. The Morgan fingerprint density at radius 2 is 1.35 bits per heavy atom. The number of halogens is 3. The fourth-order valence-electron chi connectivity index (χ4n) is 6.75. The third-order valence-electron chi connectivity index (χ3n) is 8.53. The number of rotatable bonds is 5. The quantitative estimate of drug-likeness (QED) is 0.0796. The Bertz CT molecular complexity index is 1790. The summed E-state index contributed by atoms with van der Waals surface area (Å²) >= 11 is 20.8. The summed E-state index contributed by atoms with van der Waals surface area (Å²) in [5, 5.41) is 11.6. The van der Waals surface area contributed by atoms with E-state index in [9.17, 15) is 24.5 Å². The van der Waals surface area contributed by atoms with Gasteiger partial charge in [-0.3, -0.25) is 19.7 Å². The SMILES string of the molecule is O=C(OCc1ccc(Cl)cc1[N+](=O)[O-])c1cccc(N2C(=O)[C@H]3[C@H](C2=O)C2(Cl)c4ccccc4C3(Cl)c3ccccc32)c1. The monoisotopic (exact) mass is 632 g/mol. The molecule has 0 saturated carbocycles. The third-order valence-corrected chi connectivity index (χ3v) is 10.0. The highest BCUT2D eigenvalue weighted by atomic mass is 35.5. The molecule has 1 saturated heterocycles. The first-order chi connectivity index (χ1) is 20.6. The first-order valence-electron chi connectivity index (χ1n) is 13.2. The lowest BCUT2D eigenvalue weighted by atomic mass is 9.54. The Labute approximate surface area is 259 Å². The molecular weight excluding hydrogens is 615 g/mol. The zero-order valence-corrected chi connectivity index (χ0v) is 24.3. The summed E-state index contributed by atoms with van der Waals surface area (Å²) in [5.41, 5.74) is 2.80. The molecule has 8 nitrogen and oxygen atoms in total. The number of benzene rings is 4. The van der Waals surface area contributed by atoms with E-state index in [1.165, 1.54) is 42.5 Å². The molecule has 214 valence electrons. The Kier molecular flexibility index (Phi) is 6.18. The molecule has 4 aromatic rings. The fourth-order valence-corrected chi connectivity index (χ4v) is 8.01. The Hall–Kier alpha value is -4.24. The van der Waals surface area contributed by atoms with Gasteiger partial charge in [-0.15, -0.1) is 23.2 Å². The molecule has 3 aliphatic carbocycles. The van der Waals surface area contributed by atoms with Crippen LogP contribution in [0.4, 0.5) is 11.4 Å². The summed E-state index contributed by atoms with van der Waals surface area (Å²) < 4.78 is 5.35. The number of carbonyl (C=O) groups is 3. The molecule has 43 heavy (non-hydrogen) atoms. The van der Waals surface area contributed by atoms with Crippen molar-refractivity contribution in [2.75, 3.05) is 4.90 Å². The van der Waals surface area contributed by atoms with Gasteiger partial charge in [-0.2, -0.15) is 0 Å². The van der Waals surface area contributed by atoms with Gasteiger partial charge in [-0.1, -0.05) is 66.2 Å². The van der Waals surface area contributed by atoms with Crippen molar-refractivity contribution >= 4 is 64.0 Å². The van der Waals surface area contributed by atoms with Crippen molar-refractivity contribution in [3.05, 3.63) is 140 Å². The second-order valence-corrected chi connectivity index (χ2v) is 12.3. The van der Waals surface area contributed by atoms with Gasteiger partial charge < -0.3 is 4.74 Å². The second-order valence-electron chi connectivity index (χ2n) is 10.6. The first kappa shape index (κ1) is 27.6. The molecule has 0 radical (unpaired) electrons. The van der Waals surface area contributed by atoms with Crippen LogP contribution in [-0.2, 0) is 30.7 Å². The van der Waals surface area contributed by atoms with Crippen LogP contribution >= 0.6 is 34.8 Å². The van der Waals surface area contributed by atoms with Crippen LogP contribution in [0.5, 0.6) is 0 Å². The van der Waals surface area contributed by atoms with E-state index in [1.54, 1.807) is 0 Å². The highest BCUT2D eigenvalue weighted by Crippen LogP contribution is 2.69. The average molecular weight is 634 g/mol. The molecule has 1 aliphatic heterocycles. The highest BCUT2D eigenvalue weighted by Gasteiger charge is 2.73. The van der Waals surface area contributed by atoms with Gasteiger partial charge in [0.25, 0.3) is 5.69 Å². The Morgan fingerprint density at radius 3 is 1.86 bits per heavy atom. The number of esters is 1. The standard InChI is InChI=1S/C32H19Cl3N2O6/c33-19-13-12-18(25(15-19)37(41)42)16-43-30(40)17-6-5-7-20(14-17)36-28(38)26-27(29(36)39)32(35)22-9-2-1-8-21(22)31(26,34)23-10-3-4-11-24(23)32/h1-15,26-27H,16H2/t26-,27-,31?,32?/m1/s1. The molecule has 8 rings (SSSR count). The van der Waals surface area contributed by atoms with Crippen molar-refractivity contribution in [1.29, 1.82) is 0 Å². The number of amides is 2.